The Morgan fingerprint density at radius 2 is 2.24 bits per heavy atom. The van der Waals surface area contributed by atoms with E-state index in [9.17, 15) is 0 Å². The SMILES string of the molecule is CCC1CCCN(c2nc3c(s2)C(NC)CC(C)(C)C3)C1. The van der Waals surface area contributed by atoms with Crippen molar-refractivity contribution in [2.75, 3.05) is 25.0 Å². The molecule has 0 amide bonds. The largest absolute Gasteiger partial charge is 0.348 e. The molecule has 1 aromatic rings. The van der Waals surface area contributed by atoms with E-state index in [0.29, 0.717) is 11.5 Å². The van der Waals surface area contributed by atoms with Crippen LogP contribution in [0.4, 0.5) is 5.13 Å². The van der Waals surface area contributed by atoms with E-state index in [1.165, 1.54) is 54.5 Å². The summed E-state index contributed by atoms with van der Waals surface area (Å²) in [6, 6.07) is 0.488. The fraction of sp³-hybridized carbons (Fsp3) is 0.824. The Bertz CT molecular complexity index is 494. The standard InChI is InChI=1S/C17H29N3S/c1-5-12-7-6-8-20(11-12)16-19-14-10-17(2,3)9-13(18-4)15(14)21-16/h12-13,18H,5-11H2,1-4H3. The Labute approximate surface area is 133 Å². The fourth-order valence-electron chi connectivity index (χ4n) is 3.86. The van der Waals surface area contributed by atoms with E-state index >= 15 is 0 Å². The quantitative estimate of drug-likeness (QED) is 0.915. The Morgan fingerprint density at radius 1 is 1.43 bits per heavy atom. The van der Waals surface area contributed by atoms with E-state index in [2.05, 4.69) is 38.0 Å². The average molecular weight is 308 g/mol. The second-order valence-electron chi connectivity index (χ2n) is 7.56. The van der Waals surface area contributed by atoms with E-state index in [-0.39, 0.29) is 0 Å². The van der Waals surface area contributed by atoms with Gasteiger partial charge in [-0.15, -0.1) is 0 Å². The lowest BCUT2D eigenvalue weighted by Crippen LogP contribution is -2.35. The summed E-state index contributed by atoms with van der Waals surface area (Å²) in [4.78, 5) is 9.07. The summed E-state index contributed by atoms with van der Waals surface area (Å²) in [6.45, 7) is 9.45. The topological polar surface area (TPSA) is 28.2 Å². The number of anilines is 1. The second kappa shape index (κ2) is 5.88. The number of piperidine rings is 1. The summed E-state index contributed by atoms with van der Waals surface area (Å²) in [5.41, 5.74) is 1.71. The minimum absolute atomic E-state index is 0.361. The van der Waals surface area contributed by atoms with Crippen molar-refractivity contribution in [3.8, 4) is 0 Å². The van der Waals surface area contributed by atoms with Crippen LogP contribution in [0.3, 0.4) is 0 Å². The number of nitrogens with one attached hydrogen (secondary N) is 1. The van der Waals surface area contributed by atoms with Crippen LogP contribution in [-0.4, -0.2) is 25.1 Å². The highest BCUT2D eigenvalue weighted by atomic mass is 32.1. The molecule has 4 heteroatoms. The summed E-state index contributed by atoms with van der Waals surface area (Å²) >= 11 is 1.94. The number of hydrogen-bond donors (Lipinski definition) is 1. The molecule has 0 bridgehead atoms. The van der Waals surface area contributed by atoms with Gasteiger partial charge in [-0.1, -0.05) is 38.5 Å². The Kier molecular flexibility index (Phi) is 4.28. The monoisotopic (exact) mass is 307 g/mol. The van der Waals surface area contributed by atoms with Crippen molar-refractivity contribution in [3.05, 3.63) is 10.6 Å². The van der Waals surface area contributed by atoms with Gasteiger partial charge in [0.05, 0.1) is 5.69 Å². The van der Waals surface area contributed by atoms with Gasteiger partial charge in [0.15, 0.2) is 5.13 Å². The number of hydrogen-bond acceptors (Lipinski definition) is 4. The highest BCUT2D eigenvalue weighted by Crippen LogP contribution is 2.45. The zero-order valence-corrected chi connectivity index (χ0v) is 14.7. The molecule has 0 spiro atoms. The van der Waals surface area contributed by atoms with Gasteiger partial charge < -0.3 is 10.2 Å². The van der Waals surface area contributed by atoms with E-state index in [1.807, 2.05) is 11.3 Å². The third kappa shape index (κ3) is 3.11. The van der Waals surface area contributed by atoms with Crippen molar-refractivity contribution in [2.45, 2.75) is 58.9 Å². The van der Waals surface area contributed by atoms with Gasteiger partial charge in [-0.2, -0.15) is 0 Å². The summed E-state index contributed by atoms with van der Waals surface area (Å²) < 4.78 is 0. The van der Waals surface area contributed by atoms with Gasteiger partial charge in [0.2, 0.25) is 0 Å². The molecular weight excluding hydrogens is 278 g/mol. The zero-order chi connectivity index (χ0) is 15.0. The van der Waals surface area contributed by atoms with Crippen LogP contribution in [0, 0.1) is 11.3 Å². The normalized spacial score (nSPS) is 28.5. The van der Waals surface area contributed by atoms with E-state index in [0.717, 1.165) is 12.3 Å². The minimum atomic E-state index is 0.361. The molecule has 1 aliphatic carbocycles. The van der Waals surface area contributed by atoms with Crippen molar-refractivity contribution in [1.82, 2.24) is 10.3 Å². The molecule has 1 aliphatic heterocycles. The van der Waals surface area contributed by atoms with Gasteiger partial charge in [0, 0.05) is 24.0 Å². The molecule has 3 nitrogen and oxygen atoms in total. The van der Waals surface area contributed by atoms with Gasteiger partial charge in [-0.05, 0) is 44.1 Å². The van der Waals surface area contributed by atoms with Crippen molar-refractivity contribution in [2.24, 2.45) is 11.3 Å². The van der Waals surface area contributed by atoms with Crippen LogP contribution < -0.4 is 10.2 Å². The van der Waals surface area contributed by atoms with Gasteiger partial charge in [-0.25, -0.2) is 4.98 Å². The van der Waals surface area contributed by atoms with E-state index < -0.39 is 0 Å². The number of fused-ring (bicyclic) bond motifs is 1. The minimum Gasteiger partial charge on any atom is -0.348 e. The second-order valence-corrected chi connectivity index (χ2v) is 8.57. The van der Waals surface area contributed by atoms with Gasteiger partial charge in [0.25, 0.3) is 0 Å². The first-order valence-corrected chi connectivity index (χ1v) is 9.26. The first-order chi connectivity index (χ1) is 10.0. The molecule has 21 heavy (non-hydrogen) atoms. The third-order valence-electron chi connectivity index (χ3n) is 5.15. The molecule has 1 fully saturated rings. The molecule has 2 aliphatic rings. The fourth-order valence-corrected chi connectivity index (χ4v) is 5.09. The highest BCUT2D eigenvalue weighted by Gasteiger charge is 2.35. The number of nitrogens with zero attached hydrogens (tertiary/aromatic N) is 2. The third-order valence-corrected chi connectivity index (χ3v) is 6.42. The van der Waals surface area contributed by atoms with Crippen molar-refractivity contribution >= 4 is 16.5 Å². The van der Waals surface area contributed by atoms with Gasteiger partial charge in [0.1, 0.15) is 0 Å². The molecule has 0 saturated carbocycles. The van der Waals surface area contributed by atoms with Crippen LogP contribution in [-0.2, 0) is 6.42 Å². The summed E-state index contributed by atoms with van der Waals surface area (Å²) in [5.74, 6) is 0.858. The molecule has 2 heterocycles. The lowest BCUT2D eigenvalue weighted by molar-refractivity contribution is 0.265. The summed E-state index contributed by atoms with van der Waals surface area (Å²) in [7, 11) is 2.09. The first-order valence-electron chi connectivity index (χ1n) is 8.44. The maximum absolute atomic E-state index is 5.04. The lowest BCUT2D eigenvalue weighted by atomic mass is 9.76. The molecule has 2 unspecified atom stereocenters. The predicted octanol–water partition coefficient (Wildman–Crippen LogP) is 4.00. The van der Waals surface area contributed by atoms with Crippen LogP contribution in [0.25, 0.3) is 0 Å². The molecule has 2 atom stereocenters. The van der Waals surface area contributed by atoms with Crippen LogP contribution in [0.15, 0.2) is 0 Å². The molecule has 1 N–H and O–H groups in total. The smallest absolute Gasteiger partial charge is 0.185 e. The molecule has 1 saturated heterocycles. The molecule has 0 radical (unpaired) electrons. The Morgan fingerprint density at radius 3 is 2.95 bits per heavy atom. The van der Waals surface area contributed by atoms with E-state index in [1.54, 1.807) is 0 Å². The van der Waals surface area contributed by atoms with Crippen molar-refractivity contribution in [1.29, 1.82) is 0 Å². The van der Waals surface area contributed by atoms with Crippen LogP contribution >= 0.6 is 11.3 Å². The highest BCUT2D eigenvalue weighted by molar-refractivity contribution is 7.15. The predicted molar refractivity (Wildman–Crippen MR) is 91.2 cm³/mol. The molecule has 3 rings (SSSR count). The van der Waals surface area contributed by atoms with Gasteiger partial charge in [-0.3, -0.25) is 0 Å². The van der Waals surface area contributed by atoms with Crippen molar-refractivity contribution in [3.63, 3.8) is 0 Å². The van der Waals surface area contributed by atoms with Crippen molar-refractivity contribution < 1.29 is 0 Å². The van der Waals surface area contributed by atoms with E-state index in [4.69, 9.17) is 4.98 Å². The Hall–Kier alpha value is -0.610. The number of aromatic nitrogens is 1. The number of thiazole rings is 1. The molecular formula is C17H29N3S. The molecule has 0 aromatic carbocycles. The van der Waals surface area contributed by atoms with Crippen LogP contribution in [0.2, 0.25) is 0 Å². The Balaban J connectivity index is 1.84. The molecule has 1 aromatic heterocycles. The summed E-state index contributed by atoms with van der Waals surface area (Å²) in [5, 5.41) is 4.78. The average Bonchev–Trinajstić information content (AvgIpc) is 2.89. The number of rotatable bonds is 3. The maximum atomic E-state index is 5.04. The van der Waals surface area contributed by atoms with Crippen LogP contribution in [0.1, 0.15) is 63.1 Å². The zero-order valence-electron chi connectivity index (χ0n) is 13.9. The first kappa shape index (κ1) is 15.3. The van der Waals surface area contributed by atoms with Crippen LogP contribution in [0.5, 0.6) is 0 Å². The lowest BCUT2D eigenvalue weighted by Gasteiger charge is -2.34. The molecule has 118 valence electrons. The summed E-state index contributed by atoms with van der Waals surface area (Å²) in [6.07, 6.45) is 6.36. The maximum Gasteiger partial charge on any atom is 0.185 e. The van der Waals surface area contributed by atoms with Gasteiger partial charge >= 0.3 is 0 Å².